The van der Waals surface area contributed by atoms with E-state index in [1.807, 2.05) is 33.7 Å². The number of amides is 1. The number of benzene rings is 1. The van der Waals surface area contributed by atoms with Gasteiger partial charge in [-0.1, -0.05) is 18.2 Å². The van der Waals surface area contributed by atoms with Gasteiger partial charge >= 0.3 is 0 Å². The van der Waals surface area contributed by atoms with Crippen molar-refractivity contribution in [1.29, 1.82) is 0 Å². The first-order chi connectivity index (χ1) is 12.1. The molecule has 6 heteroatoms. The molecule has 0 aliphatic carbocycles. The number of hydrogen-bond acceptors (Lipinski definition) is 4. The molecular weight excluding hydrogens is 320 g/mol. The lowest BCUT2D eigenvalue weighted by atomic mass is 10.0. The highest BCUT2D eigenvalue weighted by atomic mass is 16.7. The van der Waals surface area contributed by atoms with E-state index in [4.69, 9.17) is 9.47 Å². The van der Waals surface area contributed by atoms with Crippen LogP contribution in [-0.2, 0) is 20.8 Å². The summed E-state index contributed by atoms with van der Waals surface area (Å²) in [6.07, 6.45) is 3.22. The minimum absolute atomic E-state index is 0.0119. The lowest BCUT2D eigenvalue weighted by Crippen LogP contribution is -2.48. The molecule has 0 bridgehead atoms. The standard InChI is InChI=1S/C19H22N2O4/c1-14(22)16-12-21(17-5-3-2-4-15(16)17)13-18(23)20-8-6-19(7-9-20)24-10-11-25-19/h2-5,12H,6-11,13H2,1H3. The fourth-order valence-corrected chi connectivity index (χ4v) is 3.79. The number of aromatic nitrogens is 1. The highest BCUT2D eigenvalue weighted by Gasteiger charge is 2.40. The van der Waals surface area contributed by atoms with Gasteiger partial charge in [-0.05, 0) is 13.0 Å². The Balaban J connectivity index is 1.50. The third-order valence-electron chi connectivity index (χ3n) is 5.16. The predicted octanol–water partition coefficient (Wildman–Crippen LogP) is 2.21. The van der Waals surface area contributed by atoms with Gasteiger partial charge in [-0.25, -0.2) is 0 Å². The van der Waals surface area contributed by atoms with Crippen LogP contribution in [0.25, 0.3) is 10.9 Å². The first-order valence-electron chi connectivity index (χ1n) is 8.72. The van der Waals surface area contributed by atoms with Gasteiger partial charge in [0, 0.05) is 48.6 Å². The molecule has 0 N–H and O–H groups in total. The maximum Gasteiger partial charge on any atom is 0.242 e. The van der Waals surface area contributed by atoms with E-state index in [1.165, 1.54) is 0 Å². The van der Waals surface area contributed by atoms with Crippen LogP contribution < -0.4 is 0 Å². The van der Waals surface area contributed by atoms with Crippen molar-refractivity contribution >= 4 is 22.6 Å². The van der Waals surface area contributed by atoms with Crippen LogP contribution in [0.2, 0.25) is 0 Å². The number of likely N-dealkylation sites (tertiary alicyclic amines) is 1. The SMILES string of the molecule is CC(=O)c1cn(CC(=O)N2CCC3(CC2)OCCO3)c2ccccc12. The van der Waals surface area contributed by atoms with E-state index >= 15 is 0 Å². The zero-order valence-corrected chi connectivity index (χ0v) is 14.4. The zero-order valence-electron chi connectivity index (χ0n) is 14.4. The molecule has 4 rings (SSSR count). The first-order valence-corrected chi connectivity index (χ1v) is 8.72. The van der Waals surface area contributed by atoms with Crippen molar-refractivity contribution in [3.05, 3.63) is 36.0 Å². The van der Waals surface area contributed by atoms with Crippen molar-refractivity contribution in [3.8, 4) is 0 Å². The van der Waals surface area contributed by atoms with Crippen molar-refractivity contribution in [3.63, 3.8) is 0 Å². The van der Waals surface area contributed by atoms with Gasteiger partial charge in [0.2, 0.25) is 5.91 Å². The summed E-state index contributed by atoms with van der Waals surface area (Å²) in [7, 11) is 0. The minimum Gasteiger partial charge on any atom is -0.347 e. The number of para-hydroxylation sites is 1. The summed E-state index contributed by atoms with van der Waals surface area (Å²) in [6, 6.07) is 7.70. The quantitative estimate of drug-likeness (QED) is 0.803. The molecule has 6 nitrogen and oxygen atoms in total. The number of piperidine rings is 1. The smallest absolute Gasteiger partial charge is 0.242 e. The molecule has 0 unspecified atom stereocenters. The molecule has 2 aromatic rings. The van der Waals surface area contributed by atoms with E-state index < -0.39 is 5.79 Å². The maximum absolute atomic E-state index is 12.7. The van der Waals surface area contributed by atoms with E-state index in [2.05, 4.69) is 0 Å². The molecule has 2 aliphatic heterocycles. The first kappa shape index (κ1) is 16.3. The highest BCUT2D eigenvalue weighted by Crippen LogP contribution is 2.31. The summed E-state index contributed by atoms with van der Waals surface area (Å²) in [5.74, 6) is -0.403. The number of nitrogens with zero attached hydrogens (tertiary/aromatic N) is 2. The summed E-state index contributed by atoms with van der Waals surface area (Å²) >= 11 is 0. The second-order valence-corrected chi connectivity index (χ2v) is 6.73. The van der Waals surface area contributed by atoms with Gasteiger partial charge in [-0.15, -0.1) is 0 Å². The molecular formula is C19H22N2O4. The Hall–Kier alpha value is -2.18. The Labute approximate surface area is 146 Å². The fourth-order valence-electron chi connectivity index (χ4n) is 3.79. The summed E-state index contributed by atoms with van der Waals surface area (Å²) < 4.78 is 13.3. The van der Waals surface area contributed by atoms with Crippen LogP contribution in [0, 0.1) is 0 Å². The van der Waals surface area contributed by atoms with Gasteiger partial charge in [0.15, 0.2) is 11.6 Å². The maximum atomic E-state index is 12.7. The van der Waals surface area contributed by atoms with E-state index in [0.29, 0.717) is 44.7 Å². The Morgan fingerprint density at radius 3 is 2.48 bits per heavy atom. The van der Waals surface area contributed by atoms with Gasteiger partial charge < -0.3 is 18.9 Å². The van der Waals surface area contributed by atoms with E-state index in [-0.39, 0.29) is 18.2 Å². The van der Waals surface area contributed by atoms with Crippen molar-refractivity contribution in [2.24, 2.45) is 0 Å². The Bertz CT molecular complexity index is 810. The van der Waals surface area contributed by atoms with Crippen LogP contribution in [0.1, 0.15) is 30.1 Å². The lowest BCUT2D eigenvalue weighted by Gasteiger charge is -2.37. The second kappa shape index (κ2) is 6.28. The predicted molar refractivity (Wildman–Crippen MR) is 92.4 cm³/mol. The number of hydrogen-bond donors (Lipinski definition) is 0. The van der Waals surface area contributed by atoms with Gasteiger partial charge in [0.05, 0.1) is 13.2 Å². The molecule has 0 radical (unpaired) electrons. The van der Waals surface area contributed by atoms with Crippen LogP contribution in [-0.4, -0.2) is 53.2 Å². The van der Waals surface area contributed by atoms with Gasteiger partial charge in [0.1, 0.15) is 6.54 Å². The molecule has 2 fully saturated rings. The highest BCUT2D eigenvalue weighted by molar-refractivity contribution is 6.07. The largest absolute Gasteiger partial charge is 0.347 e. The molecule has 2 aliphatic rings. The Kier molecular flexibility index (Phi) is 4.09. The summed E-state index contributed by atoms with van der Waals surface area (Å²) in [5.41, 5.74) is 1.57. The van der Waals surface area contributed by atoms with Gasteiger partial charge in [-0.2, -0.15) is 0 Å². The van der Waals surface area contributed by atoms with Crippen molar-refractivity contribution in [2.45, 2.75) is 32.1 Å². The van der Waals surface area contributed by atoms with Crippen LogP contribution in [0.4, 0.5) is 0 Å². The van der Waals surface area contributed by atoms with Crippen LogP contribution in [0.3, 0.4) is 0 Å². The van der Waals surface area contributed by atoms with Crippen molar-refractivity contribution in [1.82, 2.24) is 9.47 Å². The molecule has 3 heterocycles. The molecule has 132 valence electrons. The van der Waals surface area contributed by atoms with Crippen LogP contribution in [0.5, 0.6) is 0 Å². The minimum atomic E-state index is -0.473. The Morgan fingerprint density at radius 1 is 1.12 bits per heavy atom. The number of fused-ring (bicyclic) bond motifs is 1. The van der Waals surface area contributed by atoms with Gasteiger partial charge in [0.25, 0.3) is 0 Å². The molecule has 1 aromatic heterocycles. The second-order valence-electron chi connectivity index (χ2n) is 6.73. The van der Waals surface area contributed by atoms with Crippen LogP contribution >= 0.6 is 0 Å². The van der Waals surface area contributed by atoms with E-state index in [0.717, 1.165) is 10.9 Å². The molecule has 1 spiro atoms. The van der Waals surface area contributed by atoms with E-state index in [1.54, 1.807) is 13.1 Å². The lowest BCUT2D eigenvalue weighted by molar-refractivity contribution is -0.187. The third-order valence-corrected chi connectivity index (χ3v) is 5.16. The normalized spacial score (nSPS) is 19.6. The molecule has 0 atom stereocenters. The number of rotatable bonds is 3. The summed E-state index contributed by atoms with van der Waals surface area (Å²) in [5, 5.41) is 0.896. The number of carbonyl (C=O) groups is 2. The average Bonchev–Trinajstić information content (AvgIpc) is 3.21. The molecule has 1 aromatic carbocycles. The number of ether oxygens (including phenoxy) is 2. The monoisotopic (exact) mass is 342 g/mol. The molecule has 25 heavy (non-hydrogen) atoms. The van der Waals surface area contributed by atoms with Crippen molar-refractivity contribution in [2.75, 3.05) is 26.3 Å². The third kappa shape index (κ3) is 2.96. The van der Waals surface area contributed by atoms with Crippen LogP contribution in [0.15, 0.2) is 30.5 Å². The van der Waals surface area contributed by atoms with Gasteiger partial charge in [-0.3, -0.25) is 9.59 Å². The average molecular weight is 342 g/mol. The van der Waals surface area contributed by atoms with Crippen molar-refractivity contribution < 1.29 is 19.1 Å². The zero-order chi connectivity index (χ0) is 17.4. The number of Topliss-reactive ketones (excluding diaryl/α,β-unsaturated/α-hetero) is 1. The molecule has 0 saturated carbocycles. The molecule has 2 saturated heterocycles. The van der Waals surface area contributed by atoms with E-state index in [9.17, 15) is 9.59 Å². The number of carbonyl (C=O) groups excluding carboxylic acids is 2. The fraction of sp³-hybridized carbons (Fsp3) is 0.474. The Morgan fingerprint density at radius 2 is 1.80 bits per heavy atom. The summed E-state index contributed by atoms with van der Waals surface area (Å²) in [6.45, 7) is 4.34. The summed E-state index contributed by atoms with van der Waals surface area (Å²) in [4.78, 5) is 26.5. The number of ketones is 1. The topological polar surface area (TPSA) is 60.8 Å². The molecule has 1 amide bonds.